The van der Waals surface area contributed by atoms with Crippen molar-refractivity contribution in [2.45, 2.75) is 38.3 Å². The Labute approximate surface area is 275 Å². The number of ether oxygens (including phenoxy) is 1. The maximum atomic E-state index is 13.8. The zero-order chi connectivity index (χ0) is 31.7. The number of piperazine rings is 1. The van der Waals surface area contributed by atoms with Crippen molar-refractivity contribution in [2.24, 2.45) is 5.41 Å². The summed E-state index contributed by atoms with van der Waals surface area (Å²) < 4.78 is 5.74. The molecule has 1 aliphatic carbocycles. The lowest BCUT2D eigenvalue weighted by molar-refractivity contribution is -0.139. The number of aromatic nitrogens is 2. The molecule has 4 heterocycles. The van der Waals surface area contributed by atoms with Gasteiger partial charge in [-0.1, -0.05) is 35.9 Å². The highest BCUT2D eigenvalue weighted by atomic mass is 35.5. The number of carbonyl (C=O) groups excluding carboxylic acids is 2. The normalized spacial score (nSPS) is 21.8. The lowest BCUT2D eigenvalue weighted by Crippen LogP contribution is -2.48. The molecule has 0 saturated carbocycles. The summed E-state index contributed by atoms with van der Waals surface area (Å²) in [6.45, 7) is 6.74. The molecule has 46 heavy (non-hydrogen) atoms. The Hall–Kier alpha value is -4.08. The Balaban J connectivity index is 0.908. The summed E-state index contributed by atoms with van der Waals surface area (Å²) in [7, 11) is 1.69. The quantitative estimate of drug-likeness (QED) is 0.381. The van der Waals surface area contributed by atoms with Crippen LogP contribution in [0.25, 0.3) is 5.57 Å². The summed E-state index contributed by atoms with van der Waals surface area (Å²) in [6, 6.07) is 16.1. The van der Waals surface area contributed by atoms with Crippen LogP contribution in [0.3, 0.4) is 0 Å². The van der Waals surface area contributed by atoms with Gasteiger partial charge in [0.15, 0.2) is 0 Å². The number of nitrogens with zero attached hydrogens (tertiary/aromatic N) is 5. The summed E-state index contributed by atoms with van der Waals surface area (Å²) in [6.07, 6.45) is 10.7. The number of allylic oxidation sites excluding steroid dienone is 2. The third-order valence-electron chi connectivity index (χ3n) is 10.4. The van der Waals surface area contributed by atoms with E-state index in [1.807, 2.05) is 46.3 Å². The lowest BCUT2D eigenvalue weighted by atomic mass is 9.77. The van der Waals surface area contributed by atoms with Gasteiger partial charge < -0.3 is 19.4 Å². The highest BCUT2D eigenvalue weighted by Crippen LogP contribution is 2.44. The third-order valence-corrected chi connectivity index (χ3v) is 10.6. The van der Waals surface area contributed by atoms with Crippen molar-refractivity contribution in [3.8, 4) is 0 Å². The molecule has 1 atom stereocenters. The monoisotopic (exact) mass is 640 g/mol. The van der Waals surface area contributed by atoms with Crippen LogP contribution in [0.15, 0.2) is 78.8 Å². The van der Waals surface area contributed by atoms with E-state index in [4.69, 9.17) is 16.3 Å². The fourth-order valence-corrected chi connectivity index (χ4v) is 7.63. The molecule has 3 fully saturated rings. The summed E-state index contributed by atoms with van der Waals surface area (Å²) in [5.74, 6) is 1.13. The SMILES string of the molecule is COC1=C(c2cn[nH]c2)C=CC(N2CCC3(CCN(C(=O)c4ccc(N5CCN(Cc6ccc(Cl)cc6)CC5)cc4)CC3)C2=O)C1. The van der Waals surface area contributed by atoms with E-state index >= 15 is 0 Å². The number of nitrogens with one attached hydrogen (secondary N) is 1. The number of halogens is 1. The lowest BCUT2D eigenvalue weighted by Gasteiger charge is -2.39. The molecular weight excluding hydrogens is 600 g/mol. The Morgan fingerprint density at radius 3 is 2.37 bits per heavy atom. The molecule has 4 aliphatic rings. The zero-order valence-electron chi connectivity index (χ0n) is 26.3. The fourth-order valence-electron chi connectivity index (χ4n) is 7.51. The molecule has 2 aromatic carbocycles. The van der Waals surface area contributed by atoms with Gasteiger partial charge in [-0.2, -0.15) is 5.10 Å². The van der Waals surface area contributed by atoms with E-state index in [0.29, 0.717) is 37.9 Å². The molecule has 1 N–H and O–H groups in total. The first-order chi connectivity index (χ1) is 22.4. The average molecular weight is 641 g/mol. The van der Waals surface area contributed by atoms with Gasteiger partial charge in [0.2, 0.25) is 5.91 Å². The Kier molecular flexibility index (Phi) is 8.62. The largest absolute Gasteiger partial charge is 0.500 e. The Bertz CT molecular complexity index is 1600. The topological polar surface area (TPSA) is 85.0 Å². The van der Waals surface area contributed by atoms with Gasteiger partial charge in [0.1, 0.15) is 5.76 Å². The Morgan fingerprint density at radius 2 is 1.70 bits per heavy atom. The van der Waals surface area contributed by atoms with E-state index in [0.717, 1.165) is 73.3 Å². The molecule has 3 saturated heterocycles. The highest BCUT2D eigenvalue weighted by molar-refractivity contribution is 6.30. The molecule has 1 aromatic heterocycles. The van der Waals surface area contributed by atoms with Crippen LogP contribution in [0, 0.1) is 5.41 Å². The van der Waals surface area contributed by atoms with Gasteiger partial charge in [0, 0.05) is 92.4 Å². The third kappa shape index (κ3) is 6.06. The number of rotatable bonds is 7. The standard InChI is InChI=1S/C36H41ClN6O3/c1-46-33-22-31(10-11-32(33)28-23-38-39-24-28)43-17-14-36(35(43)45)12-15-42(16-13-36)34(44)27-4-8-30(9-5-27)41-20-18-40(19-21-41)25-26-2-6-29(37)7-3-26/h2-11,23-24,31H,12-22,25H2,1H3,(H,38,39). The zero-order valence-corrected chi connectivity index (χ0v) is 27.1. The maximum absolute atomic E-state index is 13.8. The first-order valence-corrected chi connectivity index (χ1v) is 16.7. The van der Waals surface area contributed by atoms with Crippen molar-refractivity contribution < 1.29 is 14.3 Å². The minimum atomic E-state index is -0.383. The van der Waals surface area contributed by atoms with Gasteiger partial charge in [-0.3, -0.25) is 19.6 Å². The van der Waals surface area contributed by atoms with E-state index in [1.54, 1.807) is 13.3 Å². The number of hydrogen-bond donors (Lipinski definition) is 1. The second-order valence-corrected chi connectivity index (χ2v) is 13.4. The fraction of sp³-hybridized carbons (Fsp3) is 0.417. The number of H-pyrrole nitrogens is 1. The van der Waals surface area contributed by atoms with Gasteiger partial charge in [0.25, 0.3) is 5.91 Å². The minimum Gasteiger partial charge on any atom is -0.500 e. The van der Waals surface area contributed by atoms with Crippen molar-refractivity contribution in [1.29, 1.82) is 0 Å². The number of likely N-dealkylation sites (tertiary alicyclic amines) is 2. The van der Waals surface area contributed by atoms with E-state index < -0.39 is 0 Å². The number of aromatic amines is 1. The first-order valence-electron chi connectivity index (χ1n) is 16.3. The van der Waals surface area contributed by atoms with Gasteiger partial charge >= 0.3 is 0 Å². The number of hydrogen-bond acceptors (Lipinski definition) is 6. The predicted octanol–water partition coefficient (Wildman–Crippen LogP) is 5.23. The summed E-state index contributed by atoms with van der Waals surface area (Å²) in [5, 5.41) is 7.69. The van der Waals surface area contributed by atoms with Gasteiger partial charge in [-0.25, -0.2) is 0 Å². The molecule has 10 heteroatoms. The van der Waals surface area contributed by atoms with Crippen LogP contribution in [0.2, 0.25) is 5.02 Å². The molecule has 2 amide bonds. The van der Waals surface area contributed by atoms with Crippen molar-refractivity contribution >= 4 is 34.7 Å². The highest BCUT2D eigenvalue weighted by Gasteiger charge is 2.50. The van der Waals surface area contributed by atoms with Crippen molar-refractivity contribution in [3.63, 3.8) is 0 Å². The molecule has 7 rings (SSSR count). The van der Waals surface area contributed by atoms with E-state index in [2.05, 4.69) is 50.3 Å². The van der Waals surface area contributed by atoms with Crippen LogP contribution in [0.4, 0.5) is 5.69 Å². The second kappa shape index (κ2) is 13.0. The maximum Gasteiger partial charge on any atom is 0.253 e. The molecule has 0 radical (unpaired) electrons. The smallest absolute Gasteiger partial charge is 0.253 e. The number of carbonyl (C=O) groups is 2. The number of piperidine rings is 1. The van der Waals surface area contributed by atoms with Crippen LogP contribution in [-0.2, 0) is 16.1 Å². The molecular formula is C36H41ClN6O3. The summed E-state index contributed by atoms with van der Waals surface area (Å²) in [4.78, 5) is 36.1. The number of anilines is 1. The number of methoxy groups -OCH3 is 1. The van der Waals surface area contributed by atoms with E-state index in [1.165, 1.54) is 5.56 Å². The molecule has 1 spiro atoms. The molecule has 1 unspecified atom stereocenters. The molecule has 3 aliphatic heterocycles. The predicted molar refractivity (Wildman–Crippen MR) is 179 cm³/mol. The summed E-state index contributed by atoms with van der Waals surface area (Å²) in [5.41, 5.74) is 4.73. The van der Waals surface area contributed by atoms with E-state index in [9.17, 15) is 9.59 Å². The van der Waals surface area contributed by atoms with Crippen LogP contribution >= 0.6 is 11.6 Å². The molecule has 240 valence electrons. The van der Waals surface area contributed by atoms with Crippen LogP contribution in [0.5, 0.6) is 0 Å². The average Bonchev–Trinajstić information content (AvgIpc) is 3.75. The minimum absolute atomic E-state index is 0.0258. The van der Waals surface area contributed by atoms with Crippen LogP contribution in [-0.4, -0.2) is 95.7 Å². The first kappa shape index (κ1) is 30.6. The van der Waals surface area contributed by atoms with Crippen molar-refractivity contribution in [3.05, 3.63) is 101 Å². The van der Waals surface area contributed by atoms with Gasteiger partial charge in [0.05, 0.1) is 24.8 Å². The van der Waals surface area contributed by atoms with Crippen molar-refractivity contribution in [1.82, 2.24) is 24.9 Å². The van der Waals surface area contributed by atoms with Crippen LogP contribution in [0.1, 0.15) is 47.2 Å². The Morgan fingerprint density at radius 1 is 0.978 bits per heavy atom. The number of benzene rings is 2. The molecule has 3 aromatic rings. The molecule has 0 bridgehead atoms. The van der Waals surface area contributed by atoms with Gasteiger partial charge in [-0.05, 0) is 61.2 Å². The van der Waals surface area contributed by atoms with E-state index in [-0.39, 0.29) is 23.3 Å². The van der Waals surface area contributed by atoms with Gasteiger partial charge in [-0.15, -0.1) is 0 Å². The van der Waals surface area contributed by atoms with Crippen molar-refractivity contribution in [2.75, 3.05) is 57.8 Å². The molecule has 9 nitrogen and oxygen atoms in total. The van der Waals surface area contributed by atoms with Crippen LogP contribution < -0.4 is 4.90 Å². The number of amides is 2. The summed E-state index contributed by atoms with van der Waals surface area (Å²) >= 11 is 6.03. The second-order valence-electron chi connectivity index (χ2n) is 12.9.